The molecular weight excluding hydrogens is 226 g/mol. The Morgan fingerprint density at radius 2 is 2.11 bits per heavy atom. The van der Waals surface area contributed by atoms with Crippen LogP contribution in [0, 0.1) is 0 Å². The molecule has 0 bridgehead atoms. The van der Waals surface area contributed by atoms with E-state index in [9.17, 15) is 4.79 Å². The summed E-state index contributed by atoms with van der Waals surface area (Å²) in [6.45, 7) is 3.91. The second-order valence-electron chi connectivity index (χ2n) is 4.70. The molecule has 0 aromatic heterocycles. The molecule has 0 spiro atoms. The molecule has 1 heterocycles. The van der Waals surface area contributed by atoms with E-state index in [0.29, 0.717) is 0 Å². The monoisotopic (exact) mass is 247 g/mol. The molecule has 1 amide bonds. The van der Waals surface area contributed by atoms with E-state index in [0.717, 1.165) is 37.3 Å². The van der Waals surface area contributed by atoms with Crippen molar-refractivity contribution < 1.29 is 4.79 Å². The summed E-state index contributed by atoms with van der Waals surface area (Å²) in [5, 5.41) is 0. The first-order chi connectivity index (χ1) is 8.67. The molecule has 2 N–H and O–H groups in total. The number of hydrogen-bond donors (Lipinski definition) is 1. The van der Waals surface area contributed by atoms with Crippen LogP contribution in [-0.4, -0.2) is 32.6 Å². The van der Waals surface area contributed by atoms with Crippen LogP contribution >= 0.6 is 0 Å². The predicted molar refractivity (Wildman–Crippen MR) is 75.1 cm³/mol. The Morgan fingerprint density at radius 1 is 1.33 bits per heavy atom. The van der Waals surface area contributed by atoms with Crippen LogP contribution in [0.3, 0.4) is 0 Å². The van der Waals surface area contributed by atoms with E-state index < -0.39 is 0 Å². The van der Waals surface area contributed by atoms with Crippen LogP contribution in [0.4, 0.5) is 11.4 Å². The van der Waals surface area contributed by atoms with Crippen LogP contribution in [-0.2, 0) is 11.2 Å². The minimum Gasteiger partial charge on any atom is -0.373 e. The second kappa shape index (κ2) is 5.40. The zero-order valence-corrected chi connectivity index (χ0v) is 11.1. The summed E-state index contributed by atoms with van der Waals surface area (Å²) in [5.41, 5.74) is 8.88. The molecule has 1 aromatic carbocycles. The lowest BCUT2D eigenvalue weighted by molar-refractivity contribution is -0.117. The number of benzene rings is 1. The number of nitrogens with two attached hydrogens (primary N) is 1. The van der Waals surface area contributed by atoms with Crippen molar-refractivity contribution >= 4 is 17.3 Å². The Balaban J connectivity index is 2.48. The molecule has 0 atom stereocenters. The summed E-state index contributed by atoms with van der Waals surface area (Å²) >= 11 is 0. The van der Waals surface area contributed by atoms with Crippen molar-refractivity contribution in [3.63, 3.8) is 0 Å². The number of carbonyl (C=O) groups excluding carboxylic acids is 1. The summed E-state index contributed by atoms with van der Waals surface area (Å²) < 4.78 is 0. The van der Waals surface area contributed by atoms with E-state index in [1.54, 1.807) is 0 Å². The van der Waals surface area contributed by atoms with E-state index in [-0.39, 0.29) is 12.5 Å². The molecule has 1 aromatic rings. The third kappa shape index (κ3) is 2.34. The highest BCUT2D eigenvalue weighted by molar-refractivity contribution is 5.98. The first kappa shape index (κ1) is 12.9. The van der Waals surface area contributed by atoms with Gasteiger partial charge in [0.15, 0.2) is 0 Å². The number of anilines is 2. The molecule has 0 aliphatic carbocycles. The molecule has 0 saturated heterocycles. The van der Waals surface area contributed by atoms with E-state index in [4.69, 9.17) is 5.73 Å². The van der Waals surface area contributed by atoms with Crippen molar-refractivity contribution in [2.45, 2.75) is 19.8 Å². The molecule has 0 saturated carbocycles. The maximum absolute atomic E-state index is 12.0. The fourth-order valence-electron chi connectivity index (χ4n) is 2.40. The third-order valence-corrected chi connectivity index (χ3v) is 3.50. The lowest BCUT2D eigenvalue weighted by atomic mass is 10.1. The van der Waals surface area contributed by atoms with Crippen molar-refractivity contribution in [1.29, 1.82) is 0 Å². The van der Waals surface area contributed by atoms with Crippen LogP contribution in [0.25, 0.3) is 0 Å². The van der Waals surface area contributed by atoms with Crippen LogP contribution in [0.15, 0.2) is 18.2 Å². The minimum atomic E-state index is -0.000182. The zero-order valence-electron chi connectivity index (χ0n) is 11.1. The number of carbonyl (C=O) groups is 1. The molecule has 18 heavy (non-hydrogen) atoms. The molecule has 1 aliphatic heterocycles. The molecule has 4 heteroatoms. The summed E-state index contributed by atoms with van der Waals surface area (Å²) in [7, 11) is 2.07. The number of nitrogens with zero attached hydrogens (tertiary/aromatic N) is 2. The van der Waals surface area contributed by atoms with Gasteiger partial charge in [-0.2, -0.15) is 0 Å². The maximum atomic E-state index is 12.0. The van der Waals surface area contributed by atoms with Crippen molar-refractivity contribution in [2.75, 3.05) is 36.5 Å². The average molecular weight is 247 g/mol. The number of amides is 1. The van der Waals surface area contributed by atoms with Crippen LogP contribution in [0.1, 0.15) is 18.9 Å². The molecule has 2 rings (SSSR count). The predicted octanol–water partition coefficient (Wildman–Crippen LogP) is 1.38. The number of rotatable bonds is 2. The molecule has 0 unspecified atom stereocenters. The van der Waals surface area contributed by atoms with E-state index in [1.807, 2.05) is 4.90 Å². The smallest absolute Gasteiger partial charge is 0.240 e. The van der Waals surface area contributed by atoms with Gasteiger partial charge in [-0.1, -0.05) is 13.0 Å². The van der Waals surface area contributed by atoms with Gasteiger partial charge >= 0.3 is 0 Å². The lowest BCUT2D eigenvalue weighted by Gasteiger charge is -2.24. The fourth-order valence-corrected chi connectivity index (χ4v) is 2.40. The summed E-state index contributed by atoms with van der Waals surface area (Å²) in [6.07, 6.45) is 1.94. The lowest BCUT2D eigenvalue weighted by Crippen LogP contribution is -2.36. The van der Waals surface area contributed by atoms with Gasteiger partial charge in [0.1, 0.15) is 0 Å². The Bertz CT molecular complexity index is 445. The minimum absolute atomic E-state index is 0.000182. The highest BCUT2D eigenvalue weighted by atomic mass is 16.2. The molecular formula is C14H21N3O. The normalized spacial score (nSPS) is 15.3. The number of aryl methyl sites for hydroxylation is 1. The van der Waals surface area contributed by atoms with E-state index >= 15 is 0 Å². The SMILES string of the molecule is CCc1ccc2c(c1)N(C(=O)CN)CCCN2C. The van der Waals surface area contributed by atoms with Gasteiger partial charge in [0.25, 0.3) is 0 Å². The first-order valence-electron chi connectivity index (χ1n) is 6.52. The topological polar surface area (TPSA) is 49.6 Å². The fraction of sp³-hybridized carbons (Fsp3) is 0.500. The molecule has 4 nitrogen and oxygen atoms in total. The molecule has 98 valence electrons. The van der Waals surface area contributed by atoms with Gasteiger partial charge in [0.05, 0.1) is 17.9 Å². The van der Waals surface area contributed by atoms with Gasteiger partial charge < -0.3 is 15.5 Å². The average Bonchev–Trinajstić information content (AvgIpc) is 2.57. The number of hydrogen-bond acceptors (Lipinski definition) is 3. The Labute approximate surface area is 108 Å². The van der Waals surface area contributed by atoms with Gasteiger partial charge in [-0.05, 0) is 30.5 Å². The molecule has 0 radical (unpaired) electrons. The van der Waals surface area contributed by atoms with E-state index in [2.05, 4.69) is 37.1 Å². The van der Waals surface area contributed by atoms with Gasteiger partial charge in [-0.25, -0.2) is 0 Å². The summed E-state index contributed by atoms with van der Waals surface area (Å²) in [5.74, 6) is -0.000182. The Hall–Kier alpha value is -1.55. The van der Waals surface area contributed by atoms with Crippen molar-refractivity contribution in [3.05, 3.63) is 23.8 Å². The summed E-state index contributed by atoms with van der Waals surface area (Å²) in [4.78, 5) is 16.0. The summed E-state index contributed by atoms with van der Waals surface area (Å²) in [6, 6.07) is 6.35. The molecule has 1 aliphatic rings. The van der Waals surface area contributed by atoms with Gasteiger partial charge in [0, 0.05) is 20.1 Å². The third-order valence-electron chi connectivity index (χ3n) is 3.50. The largest absolute Gasteiger partial charge is 0.373 e. The number of fused-ring (bicyclic) bond motifs is 1. The van der Waals surface area contributed by atoms with Crippen LogP contribution < -0.4 is 15.5 Å². The zero-order chi connectivity index (χ0) is 13.1. The van der Waals surface area contributed by atoms with Crippen molar-refractivity contribution in [3.8, 4) is 0 Å². The first-order valence-corrected chi connectivity index (χ1v) is 6.52. The quantitative estimate of drug-likeness (QED) is 0.859. The van der Waals surface area contributed by atoms with Gasteiger partial charge in [-0.15, -0.1) is 0 Å². The Morgan fingerprint density at radius 3 is 2.78 bits per heavy atom. The van der Waals surface area contributed by atoms with Gasteiger partial charge in [-0.3, -0.25) is 4.79 Å². The second-order valence-corrected chi connectivity index (χ2v) is 4.70. The Kier molecular flexibility index (Phi) is 3.87. The van der Waals surface area contributed by atoms with Crippen molar-refractivity contribution in [2.24, 2.45) is 5.73 Å². The highest BCUT2D eigenvalue weighted by Crippen LogP contribution is 2.32. The van der Waals surface area contributed by atoms with Crippen molar-refractivity contribution in [1.82, 2.24) is 0 Å². The molecule has 0 fully saturated rings. The standard InChI is InChI=1S/C14H21N3O/c1-3-11-5-6-12-13(9-11)17(14(18)10-15)8-4-7-16(12)2/h5-6,9H,3-4,7-8,10,15H2,1-2H3. The highest BCUT2D eigenvalue weighted by Gasteiger charge is 2.22. The van der Waals surface area contributed by atoms with Crippen LogP contribution in [0.5, 0.6) is 0 Å². The van der Waals surface area contributed by atoms with Gasteiger partial charge in [0.2, 0.25) is 5.91 Å². The maximum Gasteiger partial charge on any atom is 0.240 e. The van der Waals surface area contributed by atoms with Crippen LogP contribution in [0.2, 0.25) is 0 Å². The van der Waals surface area contributed by atoms with E-state index in [1.165, 1.54) is 5.56 Å².